The molecule has 3 N–H and O–H groups in total. The Morgan fingerprint density at radius 3 is 2.70 bits per heavy atom. The summed E-state index contributed by atoms with van der Waals surface area (Å²) in [5.41, 5.74) is -0.558. The van der Waals surface area contributed by atoms with Crippen LogP contribution in [-0.2, 0) is 4.79 Å². The van der Waals surface area contributed by atoms with Crippen LogP contribution in [0, 0.1) is 5.92 Å². The highest BCUT2D eigenvalue weighted by Gasteiger charge is 2.46. The number of aliphatic hydroxyl groups is 2. The van der Waals surface area contributed by atoms with Crippen molar-refractivity contribution in [1.82, 2.24) is 9.55 Å². The second kappa shape index (κ2) is 6.00. The number of rotatable bonds is 4. The minimum absolute atomic E-state index is 0.0209. The van der Waals surface area contributed by atoms with Gasteiger partial charge >= 0.3 is 5.97 Å². The van der Waals surface area contributed by atoms with Crippen LogP contribution in [0.5, 0.6) is 0 Å². The zero-order valence-electron chi connectivity index (χ0n) is 14.6. The fourth-order valence-electron chi connectivity index (χ4n) is 3.69. The molecule has 1 unspecified atom stereocenters. The third kappa shape index (κ3) is 2.39. The quantitative estimate of drug-likeness (QED) is 0.651. The first kappa shape index (κ1) is 17.4. The molecule has 4 rings (SSSR count). The predicted octanol–water partition coefficient (Wildman–Crippen LogP) is 2.06. The summed E-state index contributed by atoms with van der Waals surface area (Å²) in [6, 6.07) is 9.42. The number of para-hydroxylation sites is 1. The van der Waals surface area contributed by atoms with E-state index in [-0.39, 0.29) is 12.0 Å². The van der Waals surface area contributed by atoms with Gasteiger partial charge in [0.2, 0.25) is 5.91 Å². The SMILES string of the molecule is CC[C@@](O)(C(=O)O)C1=Cc2c3nc4ccccc4cc3cn2C(=O)C1CO. The molecule has 1 aliphatic rings. The fraction of sp³-hybridized carbons (Fsp3) is 0.250. The van der Waals surface area contributed by atoms with Crippen molar-refractivity contribution in [2.45, 2.75) is 18.9 Å². The van der Waals surface area contributed by atoms with E-state index in [1.165, 1.54) is 17.6 Å². The number of carbonyl (C=O) groups excluding carboxylic acids is 1. The van der Waals surface area contributed by atoms with Gasteiger partial charge in [-0.25, -0.2) is 9.78 Å². The highest BCUT2D eigenvalue weighted by molar-refractivity contribution is 6.04. The van der Waals surface area contributed by atoms with Gasteiger partial charge in [0.25, 0.3) is 0 Å². The lowest BCUT2D eigenvalue weighted by atomic mass is 9.80. The average Bonchev–Trinajstić information content (AvgIpc) is 3.03. The maximum absolute atomic E-state index is 12.9. The Balaban J connectivity index is 2.03. The third-order valence-corrected chi connectivity index (χ3v) is 5.25. The van der Waals surface area contributed by atoms with Crippen molar-refractivity contribution in [1.29, 1.82) is 0 Å². The molecule has 0 spiro atoms. The largest absolute Gasteiger partial charge is 0.479 e. The van der Waals surface area contributed by atoms with Gasteiger partial charge in [0.15, 0.2) is 5.60 Å². The molecule has 0 saturated carbocycles. The molecular formula is C20H18N2O5. The van der Waals surface area contributed by atoms with E-state index in [0.29, 0.717) is 11.2 Å². The highest BCUT2D eigenvalue weighted by Crippen LogP contribution is 2.37. The first-order valence-corrected chi connectivity index (χ1v) is 8.64. The molecule has 3 heterocycles. The van der Waals surface area contributed by atoms with Gasteiger partial charge in [-0.05, 0) is 30.2 Å². The lowest BCUT2D eigenvalue weighted by Gasteiger charge is -2.32. The smallest absolute Gasteiger partial charge is 0.340 e. The summed E-state index contributed by atoms with van der Waals surface area (Å²) in [6.07, 6.45) is 2.98. The summed E-state index contributed by atoms with van der Waals surface area (Å²) in [4.78, 5) is 29.3. The zero-order chi connectivity index (χ0) is 19.3. The van der Waals surface area contributed by atoms with Crippen molar-refractivity contribution < 1.29 is 24.9 Å². The van der Waals surface area contributed by atoms with Gasteiger partial charge in [-0.15, -0.1) is 0 Å². The van der Waals surface area contributed by atoms with Crippen LogP contribution in [0.25, 0.3) is 27.9 Å². The highest BCUT2D eigenvalue weighted by atomic mass is 16.4. The number of carboxylic acids is 1. The second-order valence-electron chi connectivity index (χ2n) is 6.70. The first-order valence-electron chi connectivity index (χ1n) is 8.64. The van der Waals surface area contributed by atoms with E-state index in [1.807, 2.05) is 30.3 Å². The van der Waals surface area contributed by atoms with Crippen LogP contribution in [0.4, 0.5) is 0 Å². The van der Waals surface area contributed by atoms with E-state index in [0.717, 1.165) is 16.3 Å². The Morgan fingerprint density at radius 1 is 1.30 bits per heavy atom. The molecule has 27 heavy (non-hydrogen) atoms. The number of hydrogen-bond acceptors (Lipinski definition) is 5. The Morgan fingerprint density at radius 2 is 2.04 bits per heavy atom. The summed E-state index contributed by atoms with van der Waals surface area (Å²) in [5.74, 6) is -3.07. The second-order valence-corrected chi connectivity index (χ2v) is 6.70. The van der Waals surface area contributed by atoms with Crippen LogP contribution in [0.3, 0.4) is 0 Å². The minimum Gasteiger partial charge on any atom is -0.479 e. The van der Waals surface area contributed by atoms with E-state index in [4.69, 9.17) is 0 Å². The molecule has 2 aromatic heterocycles. The topological polar surface area (TPSA) is 113 Å². The Labute approximate surface area is 154 Å². The molecule has 0 bridgehead atoms. The molecule has 1 aromatic carbocycles. The first-order chi connectivity index (χ1) is 12.9. The lowest BCUT2D eigenvalue weighted by molar-refractivity contribution is -0.155. The molecule has 1 aliphatic heterocycles. The van der Waals surface area contributed by atoms with E-state index >= 15 is 0 Å². The number of aromatic nitrogens is 2. The number of carbonyl (C=O) groups is 2. The Bertz CT molecular complexity index is 1130. The molecule has 3 aromatic rings. The molecule has 0 amide bonds. The lowest BCUT2D eigenvalue weighted by Crippen LogP contribution is -2.46. The minimum atomic E-state index is -2.23. The molecule has 138 valence electrons. The maximum Gasteiger partial charge on any atom is 0.340 e. The van der Waals surface area contributed by atoms with Crippen molar-refractivity contribution in [2.24, 2.45) is 5.92 Å². The third-order valence-electron chi connectivity index (χ3n) is 5.25. The summed E-state index contributed by atoms with van der Waals surface area (Å²) >= 11 is 0. The summed E-state index contributed by atoms with van der Waals surface area (Å²) in [5, 5.41) is 31.6. The van der Waals surface area contributed by atoms with Gasteiger partial charge in [-0.2, -0.15) is 0 Å². The van der Waals surface area contributed by atoms with Crippen LogP contribution in [-0.4, -0.2) is 49.0 Å². The molecular weight excluding hydrogens is 348 g/mol. The van der Waals surface area contributed by atoms with Crippen molar-refractivity contribution in [3.8, 4) is 0 Å². The van der Waals surface area contributed by atoms with Gasteiger partial charge in [-0.1, -0.05) is 25.1 Å². The predicted molar refractivity (Wildman–Crippen MR) is 99.3 cm³/mol. The van der Waals surface area contributed by atoms with Crippen molar-refractivity contribution in [3.63, 3.8) is 0 Å². The summed E-state index contributed by atoms with van der Waals surface area (Å²) in [7, 11) is 0. The fourth-order valence-corrected chi connectivity index (χ4v) is 3.69. The number of nitrogens with zero attached hydrogens (tertiary/aromatic N) is 2. The maximum atomic E-state index is 12.9. The molecule has 2 atom stereocenters. The number of pyridine rings is 1. The van der Waals surface area contributed by atoms with Gasteiger partial charge in [0.1, 0.15) is 0 Å². The van der Waals surface area contributed by atoms with E-state index < -0.39 is 30.0 Å². The zero-order valence-corrected chi connectivity index (χ0v) is 14.6. The number of aliphatic carboxylic acids is 1. The van der Waals surface area contributed by atoms with Crippen molar-refractivity contribution in [3.05, 3.63) is 47.8 Å². The average molecular weight is 366 g/mol. The van der Waals surface area contributed by atoms with Gasteiger partial charge < -0.3 is 15.3 Å². The normalized spacial score (nSPS) is 19.0. The van der Waals surface area contributed by atoms with Gasteiger partial charge in [0, 0.05) is 17.0 Å². The molecule has 0 aliphatic carbocycles. The number of benzene rings is 1. The van der Waals surface area contributed by atoms with Crippen LogP contribution in [0.2, 0.25) is 0 Å². The van der Waals surface area contributed by atoms with Crippen molar-refractivity contribution >= 4 is 39.8 Å². The van der Waals surface area contributed by atoms with E-state index in [2.05, 4.69) is 4.98 Å². The van der Waals surface area contributed by atoms with E-state index in [1.54, 1.807) is 6.20 Å². The standard InChI is InChI=1S/C20H18N2O5/c1-2-20(27,19(25)26)14-8-16-17-12(9-22(16)18(24)13(14)10-23)7-11-5-3-4-6-15(11)21-17/h3-9,13,23,27H,2,10H2,1H3,(H,25,26)/t13?,20-/m0/s1. The number of hydrogen-bond donors (Lipinski definition) is 3. The van der Waals surface area contributed by atoms with Gasteiger partial charge in [0.05, 0.1) is 29.3 Å². The molecule has 0 fully saturated rings. The van der Waals surface area contributed by atoms with Crippen LogP contribution < -0.4 is 0 Å². The summed E-state index contributed by atoms with van der Waals surface area (Å²) in [6.45, 7) is 0.926. The Hall–Kier alpha value is -3.03. The number of fused-ring (bicyclic) bond motifs is 4. The molecule has 0 radical (unpaired) electrons. The number of carboxylic acid groups (broad SMARTS) is 1. The number of aliphatic hydroxyl groups excluding tert-OH is 1. The molecule has 7 heteroatoms. The molecule has 0 saturated heterocycles. The summed E-state index contributed by atoms with van der Waals surface area (Å²) < 4.78 is 1.37. The van der Waals surface area contributed by atoms with Gasteiger partial charge in [-0.3, -0.25) is 9.36 Å². The van der Waals surface area contributed by atoms with E-state index in [9.17, 15) is 24.9 Å². The Kier molecular flexibility index (Phi) is 3.87. The molecule has 7 nitrogen and oxygen atoms in total. The van der Waals surface area contributed by atoms with Crippen molar-refractivity contribution in [2.75, 3.05) is 6.61 Å². The van der Waals surface area contributed by atoms with Crippen LogP contribution in [0.1, 0.15) is 23.8 Å². The van der Waals surface area contributed by atoms with Crippen LogP contribution in [0.15, 0.2) is 42.1 Å². The van der Waals surface area contributed by atoms with Crippen LogP contribution >= 0.6 is 0 Å². The monoisotopic (exact) mass is 366 g/mol.